The van der Waals surface area contributed by atoms with Crippen molar-refractivity contribution in [1.82, 2.24) is 0 Å². The SMILES string of the molecule is CCCN1C(=O)c2ccccc2Sc2cc(NC(=O)Cc3ccc(C)cc3)ccc21. The summed E-state index contributed by atoms with van der Waals surface area (Å²) >= 11 is 1.57. The second kappa shape index (κ2) is 8.76. The monoisotopic (exact) mass is 416 g/mol. The standard InChI is InChI=1S/C25H24N2O2S/c1-3-14-27-21-13-12-19(26-24(28)15-18-10-8-17(2)9-11-18)16-23(21)30-22-7-5-4-6-20(22)25(27)29/h4-13,16H,3,14-15H2,1-2H3,(H,26,28). The van der Waals surface area contributed by atoms with Crippen molar-refractivity contribution >= 4 is 35.0 Å². The highest BCUT2D eigenvalue weighted by Crippen LogP contribution is 2.42. The minimum absolute atomic E-state index is 0.0230. The largest absolute Gasteiger partial charge is 0.326 e. The van der Waals surface area contributed by atoms with Crippen molar-refractivity contribution < 1.29 is 9.59 Å². The molecule has 0 radical (unpaired) electrons. The fourth-order valence-electron chi connectivity index (χ4n) is 3.54. The second-order valence-electron chi connectivity index (χ2n) is 7.45. The number of benzene rings is 3. The first-order valence-electron chi connectivity index (χ1n) is 10.1. The number of carbonyl (C=O) groups is 2. The van der Waals surface area contributed by atoms with Crippen molar-refractivity contribution in [2.75, 3.05) is 16.8 Å². The molecule has 4 nitrogen and oxygen atoms in total. The maximum absolute atomic E-state index is 13.1. The van der Waals surface area contributed by atoms with Crippen LogP contribution in [0, 0.1) is 6.92 Å². The lowest BCUT2D eigenvalue weighted by Crippen LogP contribution is -2.31. The second-order valence-corrected chi connectivity index (χ2v) is 8.53. The molecule has 2 amide bonds. The number of nitrogens with one attached hydrogen (secondary N) is 1. The number of fused-ring (bicyclic) bond motifs is 2. The topological polar surface area (TPSA) is 49.4 Å². The molecule has 3 aromatic rings. The van der Waals surface area contributed by atoms with Gasteiger partial charge in [-0.3, -0.25) is 9.59 Å². The maximum Gasteiger partial charge on any atom is 0.259 e. The Morgan fingerprint density at radius 3 is 2.53 bits per heavy atom. The molecule has 0 fully saturated rings. The quantitative estimate of drug-likeness (QED) is 0.581. The van der Waals surface area contributed by atoms with Gasteiger partial charge in [-0.1, -0.05) is 60.6 Å². The van der Waals surface area contributed by atoms with Gasteiger partial charge in [-0.15, -0.1) is 0 Å². The number of aryl methyl sites for hydroxylation is 1. The van der Waals surface area contributed by atoms with Crippen LogP contribution < -0.4 is 10.2 Å². The first-order valence-corrected chi connectivity index (χ1v) is 10.9. The van der Waals surface area contributed by atoms with Crippen LogP contribution in [0.5, 0.6) is 0 Å². The predicted octanol–water partition coefficient (Wildman–Crippen LogP) is 5.70. The van der Waals surface area contributed by atoms with Crippen molar-refractivity contribution in [2.24, 2.45) is 0 Å². The smallest absolute Gasteiger partial charge is 0.259 e. The van der Waals surface area contributed by atoms with Crippen LogP contribution in [-0.2, 0) is 11.2 Å². The van der Waals surface area contributed by atoms with E-state index >= 15 is 0 Å². The van der Waals surface area contributed by atoms with Crippen LogP contribution in [0.15, 0.2) is 76.5 Å². The molecule has 4 rings (SSSR count). The summed E-state index contributed by atoms with van der Waals surface area (Å²) in [4.78, 5) is 29.4. The zero-order valence-electron chi connectivity index (χ0n) is 17.1. The fraction of sp³-hybridized carbons (Fsp3) is 0.200. The summed E-state index contributed by atoms with van der Waals surface area (Å²) in [6.07, 6.45) is 1.20. The van der Waals surface area contributed by atoms with Crippen molar-refractivity contribution in [2.45, 2.75) is 36.5 Å². The predicted molar refractivity (Wildman–Crippen MR) is 122 cm³/mol. The van der Waals surface area contributed by atoms with E-state index in [1.165, 1.54) is 5.56 Å². The third-order valence-electron chi connectivity index (χ3n) is 5.05. The molecule has 0 aromatic heterocycles. The molecule has 1 aliphatic rings. The summed E-state index contributed by atoms with van der Waals surface area (Å²) in [6, 6.07) is 21.4. The van der Waals surface area contributed by atoms with Gasteiger partial charge < -0.3 is 10.2 Å². The van der Waals surface area contributed by atoms with E-state index in [-0.39, 0.29) is 11.8 Å². The molecule has 0 spiro atoms. The number of anilines is 2. The molecule has 30 heavy (non-hydrogen) atoms. The van der Waals surface area contributed by atoms with E-state index in [4.69, 9.17) is 0 Å². The highest BCUT2D eigenvalue weighted by Gasteiger charge is 2.26. The van der Waals surface area contributed by atoms with Gasteiger partial charge in [0.1, 0.15) is 0 Å². The van der Waals surface area contributed by atoms with Gasteiger partial charge in [0.05, 0.1) is 17.7 Å². The molecule has 1 heterocycles. The lowest BCUT2D eigenvalue weighted by Gasteiger charge is -2.22. The van der Waals surface area contributed by atoms with E-state index in [1.807, 2.05) is 78.6 Å². The Morgan fingerprint density at radius 1 is 1.00 bits per heavy atom. The Morgan fingerprint density at radius 2 is 1.77 bits per heavy atom. The molecule has 152 valence electrons. The highest BCUT2D eigenvalue weighted by molar-refractivity contribution is 7.99. The first kappa shape index (κ1) is 20.2. The van der Waals surface area contributed by atoms with Crippen molar-refractivity contribution in [3.05, 3.63) is 83.4 Å². The summed E-state index contributed by atoms with van der Waals surface area (Å²) in [5, 5.41) is 3.00. The summed E-state index contributed by atoms with van der Waals surface area (Å²) in [6.45, 7) is 4.75. The number of carbonyl (C=O) groups excluding carboxylic acids is 2. The highest BCUT2D eigenvalue weighted by atomic mass is 32.2. The molecule has 0 saturated carbocycles. The van der Waals surface area contributed by atoms with Crippen molar-refractivity contribution in [3.63, 3.8) is 0 Å². The minimum Gasteiger partial charge on any atom is -0.326 e. The number of amides is 2. The Hall–Kier alpha value is -3.05. The van der Waals surface area contributed by atoms with Crippen molar-refractivity contribution in [3.8, 4) is 0 Å². The molecule has 0 saturated heterocycles. The molecule has 0 aliphatic carbocycles. The molecule has 0 bridgehead atoms. The molecule has 3 aromatic carbocycles. The van der Waals surface area contributed by atoms with E-state index in [0.29, 0.717) is 13.0 Å². The average Bonchev–Trinajstić information content (AvgIpc) is 2.85. The average molecular weight is 417 g/mol. The summed E-state index contributed by atoms with van der Waals surface area (Å²) < 4.78 is 0. The lowest BCUT2D eigenvalue weighted by molar-refractivity contribution is -0.115. The van der Waals surface area contributed by atoms with Gasteiger partial charge in [0.15, 0.2) is 0 Å². The van der Waals surface area contributed by atoms with Crippen LogP contribution in [0.2, 0.25) is 0 Å². The third-order valence-corrected chi connectivity index (χ3v) is 6.17. The zero-order chi connectivity index (χ0) is 21.1. The van der Waals surface area contributed by atoms with E-state index in [0.717, 1.165) is 38.7 Å². The van der Waals surface area contributed by atoms with Gasteiger partial charge in [0, 0.05) is 22.0 Å². The molecule has 1 N–H and O–H groups in total. The van der Waals surface area contributed by atoms with Gasteiger partial charge in [0.25, 0.3) is 5.91 Å². The Kier molecular flexibility index (Phi) is 5.91. The molecular weight excluding hydrogens is 392 g/mol. The Bertz CT molecular complexity index is 1090. The summed E-state index contributed by atoms with van der Waals surface area (Å²) in [7, 11) is 0. The summed E-state index contributed by atoms with van der Waals surface area (Å²) in [5.41, 5.74) is 4.50. The van der Waals surface area contributed by atoms with Gasteiger partial charge in [-0.05, 0) is 49.2 Å². The van der Waals surface area contributed by atoms with Crippen LogP contribution in [0.25, 0.3) is 0 Å². The van der Waals surface area contributed by atoms with Gasteiger partial charge >= 0.3 is 0 Å². The van der Waals surface area contributed by atoms with Crippen molar-refractivity contribution in [1.29, 1.82) is 0 Å². The van der Waals surface area contributed by atoms with Gasteiger partial charge in [-0.2, -0.15) is 0 Å². The van der Waals surface area contributed by atoms with E-state index in [2.05, 4.69) is 12.2 Å². The van der Waals surface area contributed by atoms with Gasteiger partial charge in [-0.25, -0.2) is 0 Å². The van der Waals surface area contributed by atoms with Crippen LogP contribution in [0.1, 0.15) is 34.8 Å². The van der Waals surface area contributed by atoms with Crippen LogP contribution in [-0.4, -0.2) is 18.4 Å². The molecule has 5 heteroatoms. The molecular formula is C25H24N2O2S. The lowest BCUT2D eigenvalue weighted by atomic mass is 10.1. The minimum atomic E-state index is -0.0562. The molecule has 0 atom stereocenters. The maximum atomic E-state index is 13.1. The number of hydrogen-bond acceptors (Lipinski definition) is 3. The Labute approximate surface area is 181 Å². The van der Waals surface area contributed by atoms with E-state index in [9.17, 15) is 9.59 Å². The van der Waals surface area contributed by atoms with Crippen LogP contribution in [0.4, 0.5) is 11.4 Å². The van der Waals surface area contributed by atoms with E-state index in [1.54, 1.807) is 11.8 Å². The van der Waals surface area contributed by atoms with Crippen LogP contribution >= 0.6 is 11.8 Å². The van der Waals surface area contributed by atoms with E-state index < -0.39 is 0 Å². The Balaban J connectivity index is 1.60. The van der Waals surface area contributed by atoms with Gasteiger partial charge in [0.2, 0.25) is 5.91 Å². The van der Waals surface area contributed by atoms with Crippen LogP contribution in [0.3, 0.4) is 0 Å². The first-order chi connectivity index (χ1) is 14.5. The third kappa shape index (κ3) is 4.26. The fourth-order valence-corrected chi connectivity index (χ4v) is 4.66. The zero-order valence-corrected chi connectivity index (χ0v) is 18.0. The summed E-state index contributed by atoms with van der Waals surface area (Å²) in [5.74, 6) is -0.0332. The number of hydrogen-bond donors (Lipinski definition) is 1. The normalized spacial score (nSPS) is 12.7. The molecule has 0 unspecified atom stereocenters. The number of nitrogens with zero attached hydrogens (tertiary/aromatic N) is 1. The number of rotatable bonds is 5. The molecule has 1 aliphatic heterocycles.